The van der Waals surface area contributed by atoms with Crippen LogP contribution in [0, 0.1) is 0 Å². The van der Waals surface area contributed by atoms with E-state index in [0.717, 1.165) is 5.56 Å². The van der Waals surface area contributed by atoms with Crippen molar-refractivity contribution in [2.24, 2.45) is 0 Å². The number of phenolic OH excluding ortho intramolecular Hbond substituents is 1. The highest BCUT2D eigenvalue weighted by Crippen LogP contribution is 2.41. The van der Waals surface area contributed by atoms with Crippen LogP contribution in [0.4, 0.5) is 0 Å². The van der Waals surface area contributed by atoms with Crippen LogP contribution in [0.15, 0.2) is 12.1 Å². The maximum absolute atomic E-state index is 9.72. The molecule has 15 heavy (non-hydrogen) atoms. The molecule has 0 bridgehead atoms. The van der Waals surface area contributed by atoms with E-state index in [1.165, 1.54) is 0 Å². The predicted octanol–water partition coefficient (Wildman–Crippen LogP) is 1.27. The quantitative estimate of drug-likeness (QED) is 0.792. The molecule has 1 aromatic carbocycles. The molecule has 0 saturated carbocycles. The molecule has 0 aliphatic carbocycles. The molecule has 4 heteroatoms. The number of rotatable bonds is 3. The lowest BCUT2D eigenvalue weighted by Crippen LogP contribution is -2.23. The second-order valence-electron chi connectivity index (χ2n) is 3.60. The zero-order valence-corrected chi connectivity index (χ0v) is 8.41. The van der Waals surface area contributed by atoms with E-state index < -0.39 is 6.98 Å². The van der Waals surface area contributed by atoms with Gasteiger partial charge in [-0.3, -0.25) is 0 Å². The number of benzene rings is 1. The zero-order chi connectivity index (χ0) is 13.3. The number of ether oxygens (including phenoxy) is 2. The molecule has 0 amide bonds. The number of fused-ring (bicyclic) bond motifs is 1. The number of hydrogen-bond acceptors (Lipinski definition) is 4. The average molecular weight is 212 g/mol. The van der Waals surface area contributed by atoms with Crippen LogP contribution in [0.5, 0.6) is 17.2 Å². The third kappa shape index (κ3) is 1.99. The van der Waals surface area contributed by atoms with Crippen LogP contribution in [0.3, 0.4) is 0 Å². The second-order valence-corrected chi connectivity index (χ2v) is 3.60. The Morgan fingerprint density at radius 1 is 1.60 bits per heavy atom. The fourth-order valence-corrected chi connectivity index (χ4v) is 1.57. The van der Waals surface area contributed by atoms with Crippen molar-refractivity contribution in [3.8, 4) is 17.2 Å². The molecule has 1 aliphatic rings. The number of hydrogen-bond donors (Lipinski definition) is 2. The molecular weight excluding hydrogens is 194 g/mol. The molecular formula is C11H15NO3. The predicted molar refractivity (Wildman–Crippen MR) is 56.5 cm³/mol. The smallest absolute Gasteiger partial charge is 0.231 e. The molecule has 2 N–H and O–H groups in total. The Labute approximate surface area is 93.0 Å². The van der Waals surface area contributed by atoms with Crippen LogP contribution in [0.25, 0.3) is 0 Å². The molecule has 4 nitrogen and oxygen atoms in total. The molecule has 2 rings (SSSR count). The fraction of sp³-hybridized carbons (Fsp3) is 0.455. The summed E-state index contributed by atoms with van der Waals surface area (Å²) in [5.41, 5.74) is 0.793. The van der Waals surface area contributed by atoms with Crippen LogP contribution in [-0.4, -0.2) is 24.9 Å². The molecule has 0 aromatic heterocycles. The van der Waals surface area contributed by atoms with Gasteiger partial charge in [0.15, 0.2) is 11.5 Å². The lowest BCUT2D eigenvalue weighted by Gasteiger charge is -2.10. The summed E-state index contributed by atoms with van der Waals surface area (Å²) in [7, 11) is 0. The van der Waals surface area contributed by atoms with E-state index in [-0.39, 0.29) is 18.6 Å². The topological polar surface area (TPSA) is 50.7 Å². The van der Waals surface area contributed by atoms with Crippen molar-refractivity contribution in [2.75, 3.05) is 13.8 Å². The van der Waals surface area contributed by atoms with Gasteiger partial charge in [0.1, 0.15) is 0 Å². The summed E-state index contributed by atoms with van der Waals surface area (Å²) in [6, 6.07) is 3.07. The van der Waals surface area contributed by atoms with E-state index >= 15 is 0 Å². The van der Waals surface area contributed by atoms with Crippen LogP contribution in [-0.2, 0) is 6.42 Å². The van der Waals surface area contributed by atoms with Gasteiger partial charge in [-0.05, 0) is 38.0 Å². The lowest BCUT2D eigenvalue weighted by atomic mass is 10.1. The van der Waals surface area contributed by atoms with Crippen LogP contribution in [0.2, 0.25) is 0 Å². The minimum Gasteiger partial charge on any atom is -0.504 e. The number of likely N-dealkylation sites (N-methyl/N-ethyl adjacent to an activating group) is 1. The number of phenols is 1. The Morgan fingerprint density at radius 3 is 3.27 bits per heavy atom. The van der Waals surface area contributed by atoms with E-state index in [9.17, 15) is 5.11 Å². The van der Waals surface area contributed by atoms with Crippen molar-refractivity contribution in [3.05, 3.63) is 17.7 Å². The maximum Gasteiger partial charge on any atom is 0.231 e. The molecule has 0 radical (unpaired) electrons. The van der Waals surface area contributed by atoms with Crippen molar-refractivity contribution in [1.29, 1.82) is 0 Å². The van der Waals surface area contributed by atoms with E-state index in [0.29, 0.717) is 17.9 Å². The van der Waals surface area contributed by atoms with E-state index in [1.54, 1.807) is 19.1 Å². The first-order valence-corrected chi connectivity index (χ1v) is 4.74. The van der Waals surface area contributed by atoms with Gasteiger partial charge in [-0.25, -0.2) is 0 Å². The summed E-state index contributed by atoms with van der Waals surface area (Å²) in [5.74, 6) is 0.849. The van der Waals surface area contributed by atoms with Gasteiger partial charge >= 0.3 is 0 Å². The SMILES string of the molecule is [2H]C([2H])([2H])N[C@H](C)Cc1cc(O)c2c(c1)OCO2. The first kappa shape index (κ1) is 6.95. The van der Waals surface area contributed by atoms with Gasteiger partial charge in [-0.2, -0.15) is 0 Å². The Kier molecular flexibility index (Phi) is 1.85. The second kappa shape index (κ2) is 3.98. The van der Waals surface area contributed by atoms with Crippen LogP contribution in [0.1, 0.15) is 16.6 Å². The van der Waals surface area contributed by atoms with Crippen molar-refractivity contribution in [1.82, 2.24) is 5.32 Å². The average Bonchev–Trinajstić information content (AvgIpc) is 2.62. The summed E-state index contributed by atoms with van der Waals surface area (Å²) >= 11 is 0. The Balaban J connectivity index is 2.08. The van der Waals surface area contributed by atoms with Crippen molar-refractivity contribution >= 4 is 0 Å². The van der Waals surface area contributed by atoms with Gasteiger partial charge in [0.25, 0.3) is 0 Å². The summed E-state index contributed by atoms with van der Waals surface area (Å²) in [6.45, 7) is -0.304. The largest absolute Gasteiger partial charge is 0.504 e. The Bertz CT molecular complexity index is 448. The number of aromatic hydroxyl groups is 1. The molecule has 0 spiro atoms. The molecule has 82 valence electrons. The van der Waals surface area contributed by atoms with Gasteiger partial charge in [0.2, 0.25) is 12.5 Å². The summed E-state index contributed by atoms with van der Waals surface area (Å²) < 4.78 is 31.6. The van der Waals surface area contributed by atoms with Crippen molar-refractivity contribution in [2.45, 2.75) is 19.4 Å². The highest BCUT2D eigenvalue weighted by Gasteiger charge is 2.19. The first-order chi connectivity index (χ1) is 8.35. The molecule has 1 atom stereocenters. The Morgan fingerprint density at radius 2 is 2.47 bits per heavy atom. The highest BCUT2D eigenvalue weighted by molar-refractivity contribution is 5.54. The third-order valence-corrected chi connectivity index (χ3v) is 2.30. The van der Waals surface area contributed by atoms with E-state index in [4.69, 9.17) is 13.6 Å². The highest BCUT2D eigenvalue weighted by atomic mass is 16.7. The standard InChI is InChI=1S/C11H15NO3/c1-7(12-2)3-8-4-9(13)11-10(5-8)14-6-15-11/h4-5,7,12-13H,3,6H2,1-2H3/t7-/m1/s1/i2D3. The molecule has 1 aliphatic heterocycles. The normalized spacial score (nSPS) is 19.1. The van der Waals surface area contributed by atoms with Crippen LogP contribution >= 0.6 is 0 Å². The molecule has 0 unspecified atom stereocenters. The lowest BCUT2D eigenvalue weighted by molar-refractivity contribution is 0.171. The minimum absolute atomic E-state index is 0.0149. The maximum atomic E-state index is 9.72. The molecule has 1 aromatic rings. The van der Waals surface area contributed by atoms with Gasteiger partial charge in [0, 0.05) is 10.2 Å². The third-order valence-electron chi connectivity index (χ3n) is 2.30. The molecule has 0 fully saturated rings. The minimum atomic E-state index is -2.17. The van der Waals surface area contributed by atoms with Crippen LogP contribution < -0.4 is 14.8 Å². The van der Waals surface area contributed by atoms with Gasteiger partial charge in [-0.1, -0.05) is 0 Å². The summed E-state index contributed by atoms with van der Waals surface area (Å²) in [6.07, 6.45) is 0.475. The van der Waals surface area contributed by atoms with Gasteiger partial charge in [-0.15, -0.1) is 0 Å². The fourth-order valence-electron chi connectivity index (χ4n) is 1.57. The van der Waals surface area contributed by atoms with E-state index in [1.807, 2.05) is 0 Å². The zero-order valence-electron chi connectivity index (χ0n) is 11.4. The monoisotopic (exact) mass is 212 g/mol. The van der Waals surface area contributed by atoms with Gasteiger partial charge < -0.3 is 19.9 Å². The van der Waals surface area contributed by atoms with Crippen molar-refractivity contribution < 1.29 is 18.7 Å². The first-order valence-electron chi connectivity index (χ1n) is 6.24. The van der Waals surface area contributed by atoms with Gasteiger partial charge in [0.05, 0.1) is 0 Å². The Hall–Kier alpha value is -1.42. The van der Waals surface area contributed by atoms with E-state index in [2.05, 4.69) is 5.32 Å². The molecule has 1 heterocycles. The summed E-state index contributed by atoms with van der Waals surface area (Å²) in [5, 5.41) is 12.2. The number of nitrogens with one attached hydrogen (secondary N) is 1. The summed E-state index contributed by atoms with van der Waals surface area (Å²) in [4.78, 5) is 0. The van der Waals surface area contributed by atoms with Crippen molar-refractivity contribution in [3.63, 3.8) is 0 Å². The molecule has 0 saturated heterocycles.